The highest BCUT2D eigenvalue weighted by Gasteiger charge is 2.29. The maximum Gasteiger partial charge on any atom is 0.236 e. The van der Waals surface area contributed by atoms with Crippen LogP contribution in [0.25, 0.3) is 0 Å². The van der Waals surface area contributed by atoms with E-state index in [9.17, 15) is 9.59 Å². The molecular formula is C21H25NO4. The quantitative estimate of drug-likeness (QED) is 0.477. The van der Waals surface area contributed by atoms with E-state index in [0.29, 0.717) is 25.2 Å². The highest BCUT2D eigenvalue weighted by molar-refractivity contribution is 6.09. The van der Waals surface area contributed by atoms with E-state index in [4.69, 9.17) is 9.47 Å². The van der Waals surface area contributed by atoms with Crippen LogP contribution in [0.4, 0.5) is 0 Å². The van der Waals surface area contributed by atoms with Crippen molar-refractivity contribution < 1.29 is 19.1 Å². The Kier molecular flexibility index (Phi) is 7.51. The Hall–Kier alpha value is -2.50. The largest absolute Gasteiger partial charge is 0.374 e. The number of nitrogens with zero attached hydrogens (tertiary/aromatic N) is 1. The van der Waals surface area contributed by atoms with E-state index in [0.717, 1.165) is 5.56 Å². The van der Waals surface area contributed by atoms with Crippen molar-refractivity contribution in [3.05, 3.63) is 73.0 Å². The second kappa shape index (κ2) is 9.85. The van der Waals surface area contributed by atoms with Crippen LogP contribution in [-0.4, -0.2) is 35.5 Å². The van der Waals surface area contributed by atoms with Crippen molar-refractivity contribution in [3.8, 4) is 0 Å². The fraction of sp³-hybridized carbons (Fsp3) is 0.333. The van der Waals surface area contributed by atoms with Gasteiger partial charge in [0.1, 0.15) is 0 Å². The maximum absolute atomic E-state index is 12.2. The third-order valence-electron chi connectivity index (χ3n) is 4.02. The van der Waals surface area contributed by atoms with Crippen molar-refractivity contribution in [3.63, 3.8) is 0 Å². The zero-order chi connectivity index (χ0) is 18.9. The highest BCUT2D eigenvalue weighted by atomic mass is 16.5. The second-order valence-electron chi connectivity index (χ2n) is 6.12. The summed E-state index contributed by atoms with van der Waals surface area (Å²) in [6.07, 6.45) is 4.31. The number of ether oxygens (including phenoxy) is 2. The molecule has 0 bridgehead atoms. The SMILES string of the molecule is C=CC[C@@H](COCc1ccccc1)O[C@H](C=C)N1C=C(C)C(=O)CC1=O. The van der Waals surface area contributed by atoms with Crippen LogP contribution in [0.1, 0.15) is 25.3 Å². The molecule has 1 amide bonds. The first kappa shape index (κ1) is 19.8. The van der Waals surface area contributed by atoms with Crippen LogP contribution in [0.3, 0.4) is 0 Å². The van der Waals surface area contributed by atoms with E-state index in [1.807, 2.05) is 30.3 Å². The smallest absolute Gasteiger partial charge is 0.236 e. The number of carbonyl (C=O) groups excluding carboxylic acids is 2. The minimum Gasteiger partial charge on any atom is -0.374 e. The van der Waals surface area contributed by atoms with Crippen molar-refractivity contribution in [2.45, 2.75) is 38.7 Å². The molecule has 0 N–H and O–H groups in total. The van der Waals surface area contributed by atoms with Gasteiger partial charge in [-0.1, -0.05) is 43.0 Å². The number of rotatable bonds is 10. The van der Waals surface area contributed by atoms with Gasteiger partial charge in [0, 0.05) is 11.8 Å². The fourth-order valence-corrected chi connectivity index (χ4v) is 2.60. The van der Waals surface area contributed by atoms with Gasteiger partial charge in [-0.15, -0.1) is 6.58 Å². The number of Topliss-reactive ketones (excluding diaryl/α,β-unsaturated/α-hetero) is 1. The molecule has 1 aliphatic heterocycles. The summed E-state index contributed by atoms with van der Waals surface area (Å²) in [6.45, 7) is 10.0. The van der Waals surface area contributed by atoms with Gasteiger partial charge in [0.05, 0.1) is 25.7 Å². The molecular weight excluding hydrogens is 330 g/mol. The lowest BCUT2D eigenvalue weighted by Gasteiger charge is -2.32. The molecule has 5 nitrogen and oxygen atoms in total. The van der Waals surface area contributed by atoms with E-state index in [1.165, 1.54) is 11.1 Å². The van der Waals surface area contributed by atoms with Crippen molar-refractivity contribution in [2.24, 2.45) is 0 Å². The third-order valence-corrected chi connectivity index (χ3v) is 4.02. The molecule has 2 rings (SSSR count). The van der Waals surface area contributed by atoms with E-state index in [1.54, 1.807) is 19.1 Å². The molecule has 0 radical (unpaired) electrons. The molecule has 1 aromatic rings. The van der Waals surface area contributed by atoms with Gasteiger partial charge in [-0.05, 0) is 25.0 Å². The van der Waals surface area contributed by atoms with Crippen LogP contribution < -0.4 is 0 Å². The molecule has 0 aromatic heterocycles. The molecule has 26 heavy (non-hydrogen) atoms. The lowest BCUT2D eigenvalue weighted by Crippen LogP contribution is -2.43. The van der Waals surface area contributed by atoms with Crippen LogP contribution >= 0.6 is 0 Å². The Morgan fingerprint density at radius 2 is 1.96 bits per heavy atom. The third kappa shape index (κ3) is 5.51. The lowest BCUT2D eigenvalue weighted by molar-refractivity contribution is -0.146. The summed E-state index contributed by atoms with van der Waals surface area (Å²) < 4.78 is 11.8. The number of allylic oxidation sites excluding steroid dienone is 1. The number of hydrogen-bond acceptors (Lipinski definition) is 4. The Bertz CT molecular complexity index is 681. The Morgan fingerprint density at radius 1 is 1.23 bits per heavy atom. The normalized spacial score (nSPS) is 16.8. The van der Waals surface area contributed by atoms with Gasteiger partial charge in [-0.2, -0.15) is 0 Å². The summed E-state index contributed by atoms with van der Waals surface area (Å²) >= 11 is 0. The molecule has 0 spiro atoms. The number of amides is 1. The minimum atomic E-state index is -0.657. The molecule has 2 atom stereocenters. The number of ketones is 1. The van der Waals surface area contributed by atoms with Crippen molar-refractivity contribution in [1.82, 2.24) is 4.90 Å². The Balaban J connectivity index is 1.97. The van der Waals surface area contributed by atoms with E-state index < -0.39 is 6.23 Å². The second-order valence-corrected chi connectivity index (χ2v) is 6.12. The zero-order valence-electron chi connectivity index (χ0n) is 15.1. The number of carbonyl (C=O) groups is 2. The van der Waals surface area contributed by atoms with Gasteiger partial charge >= 0.3 is 0 Å². The number of benzene rings is 1. The van der Waals surface area contributed by atoms with Gasteiger partial charge < -0.3 is 9.47 Å². The zero-order valence-corrected chi connectivity index (χ0v) is 15.1. The highest BCUT2D eigenvalue weighted by Crippen LogP contribution is 2.19. The molecule has 1 heterocycles. The average molecular weight is 355 g/mol. The molecule has 5 heteroatoms. The van der Waals surface area contributed by atoms with E-state index in [-0.39, 0.29) is 24.2 Å². The van der Waals surface area contributed by atoms with Gasteiger partial charge in [-0.25, -0.2) is 0 Å². The van der Waals surface area contributed by atoms with Crippen LogP contribution in [0, 0.1) is 0 Å². The molecule has 1 aromatic carbocycles. The van der Waals surface area contributed by atoms with Gasteiger partial charge in [0.15, 0.2) is 12.0 Å². The lowest BCUT2D eigenvalue weighted by atomic mass is 10.1. The summed E-state index contributed by atoms with van der Waals surface area (Å²) in [4.78, 5) is 25.2. The Labute approximate surface area is 154 Å². The number of hydrogen-bond donors (Lipinski definition) is 0. The van der Waals surface area contributed by atoms with Crippen LogP contribution in [0.2, 0.25) is 0 Å². The average Bonchev–Trinajstić information content (AvgIpc) is 2.64. The summed E-state index contributed by atoms with van der Waals surface area (Å²) in [5, 5.41) is 0. The molecule has 0 saturated heterocycles. The molecule has 0 fully saturated rings. The van der Waals surface area contributed by atoms with Crippen LogP contribution in [0.5, 0.6) is 0 Å². The summed E-state index contributed by atoms with van der Waals surface area (Å²) in [6, 6.07) is 9.86. The first-order valence-corrected chi connectivity index (χ1v) is 8.58. The van der Waals surface area contributed by atoms with Gasteiger partial charge in [-0.3, -0.25) is 14.5 Å². The van der Waals surface area contributed by atoms with E-state index >= 15 is 0 Å². The maximum atomic E-state index is 12.2. The predicted octanol–water partition coefficient (Wildman–Crippen LogP) is 3.38. The van der Waals surface area contributed by atoms with Gasteiger partial charge in [0.25, 0.3) is 0 Å². The van der Waals surface area contributed by atoms with Crippen LogP contribution in [0.15, 0.2) is 67.4 Å². The minimum absolute atomic E-state index is 0.146. The fourth-order valence-electron chi connectivity index (χ4n) is 2.60. The molecule has 1 aliphatic rings. The van der Waals surface area contributed by atoms with Crippen molar-refractivity contribution in [2.75, 3.05) is 6.61 Å². The molecule has 0 aliphatic carbocycles. The predicted molar refractivity (Wildman–Crippen MR) is 100.0 cm³/mol. The first-order valence-electron chi connectivity index (χ1n) is 8.58. The Morgan fingerprint density at radius 3 is 2.62 bits per heavy atom. The van der Waals surface area contributed by atoms with Crippen LogP contribution in [-0.2, 0) is 25.7 Å². The standard InChI is InChI=1S/C21H25NO4/c1-4-9-18(15-25-14-17-10-7-6-8-11-17)26-21(5-2)22-13-16(3)19(23)12-20(22)24/h4-8,10-11,13,18,21H,1-2,9,12,14-15H2,3H3/t18-,21+/m0/s1. The van der Waals surface area contributed by atoms with Gasteiger partial charge in [0.2, 0.25) is 5.91 Å². The molecule has 138 valence electrons. The summed E-state index contributed by atoms with van der Waals surface area (Å²) in [7, 11) is 0. The summed E-state index contributed by atoms with van der Waals surface area (Å²) in [5.74, 6) is -0.462. The van der Waals surface area contributed by atoms with Crippen molar-refractivity contribution >= 4 is 11.7 Å². The molecule has 0 saturated carbocycles. The summed E-state index contributed by atoms with van der Waals surface area (Å²) in [5.41, 5.74) is 1.61. The first-order chi connectivity index (χ1) is 12.5. The van der Waals surface area contributed by atoms with Crippen molar-refractivity contribution in [1.29, 1.82) is 0 Å². The molecule has 0 unspecified atom stereocenters. The van der Waals surface area contributed by atoms with E-state index in [2.05, 4.69) is 13.2 Å². The monoisotopic (exact) mass is 355 g/mol. The topological polar surface area (TPSA) is 55.8 Å².